The van der Waals surface area contributed by atoms with Gasteiger partial charge in [-0.25, -0.2) is 0 Å². The summed E-state index contributed by atoms with van der Waals surface area (Å²) in [5.41, 5.74) is 2.77. The second-order valence-electron chi connectivity index (χ2n) is 6.52. The second kappa shape index (κ2) is 6.62. The van der Waals surface area contributed by atoms with Gasteiger partial charge in [0.1, 0.15) is 5.75 Å². The lowest BCUT2D eigenvalue weighted by Gasteiger charge is -2.37. The van der Waals surface area contributed by atoms with Crippen molar-refractivity contribution in [1.82, 2.24) is 5.32 Å². The van der Waals surface area contributed by atoms with Crippen LogP contribution in [0.15, 0.2) is 18.2 Å². The van der Waals surface area contributed by atoms with Crippen LogP contribution in [0.2, 0.25) is 0 Å². The summed E-state index contributed by atoms with van der Waals surface area (Å²) in [4.78, 5) is 0. The summed E-state index contributed by atoms with van der Waals surface area (Å²) in [6.45, 7) is 4.26. The lowest BCUT2D eigenvalue weighted by atomic mass is 9.88. The van der Waals surface area contributed by atoms with Crippen LogP contribution in [0, 0.1) is 0 Å². The average Bonchev–Trinajstić information content (AvgIpc) is 3.01. The molecule has 0 spiro atoms. The summed E-state index contributed by atoms with van der Waals surface area (Å²) in [5.74, 6) is 1.08. The van der Waals surface area contributed by atoms with Gasteiger partial charge < -0.3 is 10.1 Å². The van der Waals surface area contributed by atoms with Crippen molar-refractivity contribution >= 4 is 11.8 Å². The molecule has 1 unspecified atom stereocenters. The first kappa shape index (κ1) is 15.2. The van der Waals surface area contributed by atoms with Crippen molar-refractivity contribution in [3.8, 4) is 5.75 Å². The van der Waals surface area contributed by atoms with Crippen molar-refractivity contribution in [3.05, 3.63) is 29.3 Å². The topological polar surface area (TPSA) is 21.3 Å². The maximum absolute atomic E-state index is 5.60. The van der Waals surface area contributed by atoms with Crippen molar-refractivity contribution in [2.45, 2.75) is 56.2 Å². The zero-order valence-electron chi connectivity index (χ0n) is 13.3. The summed E-state index contributed by atoms with van der Waals surface area (Å²) in [5, 5.41) is 3.79. The Labute approximate surface area is 133 Å². The first-order chi connectivity index (χ1) is 10.2. The van der Waals surface area contributed by atoms with E-state index in [4.69, 9.17) is 4.74 Å². The number of fused-ring (bicyclic) bond motifs is 1. The lowest BCUT2D eigenvalue weighted by Crippen LogP contribution is -2.40. The van der Waals surface area contributed by atoms with E-state index in [-0.39, 0.29) is 0 Å². The van der Waals surface area contributed by atoms with Gasteiger partial charge in [0.05, 0.1) is 6.61 Å². The highest BCUT2D eigenvalue weighted by atomic mass is 32.2. The summed E-state index contributed by atoms with van der Waals surface area (Å²) in [6.07, 6.45) is 10.3. The summed E-state index contributed by atoms with van der Waals surface area (Å²) < 4.78 is 6.06. The van der Waals surface area contributed by atoms with E-state index < -0.39 is 0 Å². The molecule has 0 radical (unpaired) electrons. The SMILES string of the molecule is CSC1(CNC(C)c2ccc3c(c2)CCO3)CCCCC1. The van der Waals surface area contributed by atoms with E-state index in [1.165, 1.54) is 43.2 Å². The molecule has 1 fully saturated rings. The van der Waals surface area contributed by atoms with E-state index in [0.717, 1.165) is 25.3 Å². The van der Waals surface area contributed by atoms with Gasteiger partial charge in [0.2, 0.25) is 0 Å². The third-order valence-corrected chi connectivity index (χ3v) is 6.56. The van der Waals surface area contributed by atoms with Crippen molar-refractivity contribution < 1.29 is 4.74 Å². The van der Waals surface area contributed by atoms with Crippen molar-refractivity contribution in [2.24, 2.45) is 0 Å². The van der Waals surface area contributed by atoms with Crippen LogP contribution in [0.3, 0.4) is 0 Å². The summed E-state index contributed by atoms with van der Waals surface area (Å²) in [6, 6.07) is 7.10. The predicted octanol–water partition coefficient (Wildman–Crippen LogP) is 4.34. The molecule has 1 aliphatic carbocycles. The number of rotatable bonds is 5. The third kappa shape index (κ3) is 3.40. The number of hydrogen-bond acceptors (Lipinski definition) is 3. The molecule has 2 nitrogen and oxygen atoms in total. The van der Waals surface area contributed by atoms with Gasteiger partial charge >= 0.3 is 0 Å². The molecule has 3 heteroatoms. The molecule has 1 heterocycles. The lowest BCUT2D eigenvalue weighted by molar-refractivity contribution is 0.356. The molecule has 0 amide bonds. The van der Waals surface area contributed by atoms with Crippen molar-refractivity contribution in [3.63, 3.8) is 0 Å². The maximum atomic E-state index is 5.60. The molecule has 1 aliphatic heterocycles. The van der Waals surface area contributed by atoms with Gasteiger partial charge in [-0.05, 0) is 43.2 Å². The molecule has 0 aromatic heterocycles. The summed E-state index contributed by atoms with van der Waals surface area (Å²) in [7, 11) is 0. The number of thioether (sulfide) groups is 1. The van der Waals surface area contributed by atoms with E-state index in [1.807, 2.05) is 0 Å². The molecule has 1 aromatic rings. The standard InChI is InChI=1S/C18H27NOS/c1-14(15-6-7-17-16(12-15)8-11-20-17)19-13-18(21-2)9-4-3-5-10-18/h6-7,12,14,19H,3-5,8-11,13H2,1-2H3. The maximum Gasteiger partial charge on any atom is 0.122 e. The highest BCUT2D eigenvalue weighted by molar-refractivity contribution is 8.00. The van der Waals surface area contributed by atoms with Crippen LogP contribution in [0.5, 0.6) is 5.75 Å². The average molecular weight is 305 g/mol. The minimum atomic E-state index is 0.418. The van der Waals surface area contributed by atoms with Crippen LogP contribution < -0.4 is 10.1 Å². The Bertz CT molecular complexity index is 482. The smallest absolute Gasteiger partial charge is 0.122 e. The van der Waals surface area contributed by atoms with Gasteiger partial charge in [0, 0.05) is 23.8 Å². The molecular formula is C18H27NOS. The van der Waals surface area contributed by atoms with Gasteiger partial charge in [-0.1, -0.05) is 31.4 Å². The van der Waals surface area contributed by atoms with Crippen LogP contribution in [-0.4, -0.2) is 24.2 Å². The van der Waals surface area contributed by atoms with Crippen LogP contribution in [0.4, 0.5) is 0 Å². The van der Waals surface area contributed by atoms with Gasteiger partial charge in [0.15, 0.2) is 0 Å². The minimum absolute atomic E-state index is 0.418. The van der Waals surface area contributed by atoms with Gasteiger partial charge in [-0.15, -0.1) is 0 Å². The highest BCUT2D eigenvalue weighted by Crippen LogP contribution is 2.38. The van der Waals surface area contributed by atoms with Crippen LogP contribution >= 0.6 is 11.8 Å². The number of hydrogen-bond donors (Lipinski definition) is 1. The Morgan fingerprint density at radius 3 is 2.86 bits per heavy atom. The molecule has 21 heavy (non-hydrogen) atoms. The second-order valence-corrected chi connectivity index (χ2v) is 7.79. The quantitative estimate of drug-likeness (QED) is 0.874. The van der Waals surface area contributed by atoms with Crippen molar-refractivity contribution in [1.29, 1.82) is 0 Å². The summed E-state index contributed by atoms with van der Waals surface area (Å²) >= 11 is 2.07. The molecule has 1 saturated carbocycles. The Kier molecular flexibility index (Phi) is 4.80. The predicted molar refractivity (Wildman–Crippen MR) is 91.4 cm³/mol. The molecule has 1 atom stereocenters. The number of benzene rings is 1. The minimum Gasteiger partial charge on any atom is -0.493 e. The molecule has 1 N–H and O–H groups in total. The van der Waals surface area contributed by atoms with Crippen LogP contribution in [-0.2, 0) is 6.42 Å². The normalized spacial score (nSPS) is 21.6. The Balaban J connectivity index is 1.62. The molecule has 2 aliphatic rings. The Morgan fingerprint density at radius 1 is 1.29 bits per heavy atom. The van der Waals surface area contributed by atoms with E-state index >= 15 is 0 Å². The van der Waals surface area contributed by atoms with Gasteiger partial charge in [-0.3, -0.25) is 0 Å². The fraction of sp³-hybridized carbons (Fsp3) is 0.667. The molecule has 0 bridgehead atoms. The first-order valence-corrected chi connectivity index (χ1v) is 9.49. The molecule has 116 valence electrons. The van der Waals surface area contributed by atoms with Crippen molar-refractivity contribution in [2.75, 3.05) is 19.4 Å². The van der Waals surface area contributed by atoms with E-state index in [2.05, 4.69) is 48.5 Å². The molecule has 3 rings (SSSR count). The fourth-order valence-corrected chi connectivity index (χ4v) is 4.51. The van der Waals surface area contributed by atoms with Gasteiger partial charge in [-0.2, -0.15) is 11.8 Å². The monoisotopic (exact) mass is 305 g/mol. The zero-order valence-corrected chi connectivity index (χ0v) is 14.1. The Hall–Kier alpha value is -0.670. The largest absolute Gasteiger partial charge is 0.493 e. The van der Waals surface area contributed by atoms with Crippen LogP contribution in [0.25, 0.3) is 0 Å². The molecule has 1 aromatic carbocycles. The Morgan fingerprint density at radius 2 is 2.10 bits per heavy atom. The molecule has 0 saturated heterocycles. The fourth-order valence-electron chi connectivity index (χ4n) is 3.58. The van der Waals surface area contributed by atoms with Crippen LogP contribution in [0.1, 0.15) is 56.2 Å². The van der Waals surface area contributed by atoms with E-state index in [9.17, 15) is 0 Å². The van der Waals surface area contributed by atoms with Gasteiger partial charge in [0.25, 0.3) is 0 Å². The highest BCUT2D eigenvalue weighted by Gasteiger charge is 2.31. The zero-order chi connectivity index (χ0) is 14.7. The first-order valence-electron chi connectivity index (χ1n) is 8.27. The number of nitrogens with one attached hydrogen (secondary N) is 1. The van der Waals surface area contributed by atoms with E-state index in [1.54, 1.807) is 0 Å². The van der Waals surface area contributed by atoms with E-state index in [0.29, 0.717) is 10.8 Å². The molecular weight excluding hydrogens is 278 g/mol. The number of ether oxygens (including phenoxy) is 1. The third-order valence-electron chi connectivity index (χ3n) is 5.14.